The van der Waals surface area contributed by atoms with Crippen molar-refractivity contribution in [2.45, 2.75) is 18.3 Å². The normalized spacial score (nSPS) is 25.8. The highest BCUT2D eigenvalue weighted by Gasteiger charge is 2.67. The van der Waals surface area contributed by atoms with E-state index in [9.17, 15) is 14.9 Å². The van der Waals surface area contributed by atoms with E-state index in [0.717, 1.165) is 5.56 Å². The summed E-state index contributed by atoms with van der Waals surface area (Å²) in [7, 11) is 0. The van der Waals surface area contributed by atoms with Crippen molar-refractivity contribution >= 4 is 11.9 Å². The molecule has 2 aromatic carbocycles. The number of esters is 2. The second-order valence-corrected chi connectivity index (χ2v) is 7.71. The van der Waals surface area contributed by atoms with Crippen LogP contribution in [0.15, 0.2) is 91.6 Å². The van der Waals surface area contributed by atoms with Crippen molar-refractivity contribution in [2.24, 2.45) is 11.3 Å². The minimum absolute atomic E-state index is 0.299. The summed E-state index contributed by atoms with van der Waals surface area (Å²) in [6.45, 7) is 3.72. The van der Waals surface area contributed by atoms with E-state index in [1.165, 1.54) is 0 Å². The molecule has 0 radical (unpaired) electrons. The smallest absolute Gasteiger partial charge is 0.329 e. The Labute approximate surface area is 180 Å². The molecule has 31 heavy (non-hydrogen) atoms. The molecular weight excluding hydrogens is 390 g/mol. The van der Waals surface area contributed by atoms with E-state index >= 15 is 0 Å². The molecule has 5 nitrogen and oxygen atoms in total. The highest BCUT2D eigenvalue weighted by Crippen LogP contribution is 2.55. The van der Waals surface area contributed by atoms with E-state index < -0.39 is 22.8 Å². The van der Waals surface area contributed by atoms with Gasteiger partial charge >= 0.3 is 11.9 Å². The average Bonchev–Trinajstić information content (AvgIpc) is 3.57. The molecule has 2 aliphatic rings. The average molecular weight is 411 g/mol. The van der Waals surface area contributed by atoms with E-state index in [0.29, 0.717) is 24.3 Å². The summed E-state index contributed by atoms with van der Waals surface area (Å²) in [5, 5.41) is 9.68. The van der Waals surface area contributed by atoms with Gasteiger partial charge in [0, 0.05) is 5.92 Å². The van der Waals surface area contributed by atoms with Crippen LogP contribution in [0.4, 0.5) is 0 Å². The number of rotatable bonds is 6. The zero-order valence-corrected chi connectivity index (χ0v) is 16.9. The third-order valence-electron chi connectivity index (χ3n) is 5.83. The minimum atomic E-state index is -1.39. The van der Waals surface area contributed by atoms with Crippen molar-refractivity contribution in [3.8, 4) is 17.6 Å². The Bertz CT molecular complexity index is 1110. The van der Waals surface area contributed by atoms with Gasteiger partial charge in [-0.2, -0.15) is 5.26 Å². The Morgan fingerprint density at radius 1 is 1.00 bits per heavy atom. The van der Waals surface area contributed by atoms with E-state index in [2.05, 4.69) is 12.6 Å². The lowest BCUT2D eigenvalue weighted by Gasteiger charge is -2.24. The molecule has 3 atom stereocenters. The fraction of sp³-hybridized carbons (Fsp3) is 0.192. The van der Waals surface area contributed by atoms with Crippen molar-refractivity contribution < 1.29 is 19.1 Å². The van der Waals surface area contributed by atoms with Crippen LogP contribution < -0.4 is 9.47 Å². The molecule has 5 heteroatoms. The molecule has 0 spiro atoms. The minimum Gasteiger partial charge on any atom is -0.426 e. The molecule has 154 valence electrons. The quantitative estimate of drug-likeness (QED) is 0.299. The maximum atomic E-state index is 13.0. The molecule has 0 saturated heterocycles. The molecule has 1 saturated carbocycles. The van der Waals surface area contributed by atoms with Crippen LogP contribution in [-0.2, 0) is 15.0 Å². The van der Waals surface area contributed by atoms with E-state index in [1.807, 2.05) is 30.4 Å². The molecule has 0 N–H and O–H groups in total. The number of para-hydroxylation sites is 1. The highest BCUT2D eigenvalue weighted by atomic mass is 16.6. The third-order valence-corrected chi connectivity index (χ3v) is 5.83. The Morgan fingerprint density at radius 2 is 1.65 bits per heavy atom. The molecule has 1 fully saturated rings. The zero-order valence-electron chi connectivity index (χ0n) is 16.9. The Morgan fingerprint density at radius 3 is 2.16 bits per heavy atom. The monoisotopic (exact) mass is 411 g/mol. The van der Waals surface area contributed by atoms with Crippen molar-refractivity contribution in [2.75, 3.05) is 0 Å². The molecule has 0 heterocycles. The summed E-state index contributed by atoms with van der Waals surface area (Å²) in [5.41, 5.74) is -1.31. The molecule has 3 unspecified atom stereocenters. The second-order valence-electron chi connectivity index (χ2n) is 7.71. The summed E-state index contributed by atoms with van der Waals surface area (Å²) in [6, 6.07) is 17.8. The largest absolute Gasteiger partial charge is 0.426 e. The van der Waals surface area contributed by atoms with Gasteiger partial charge in [-0.05, 0) is 42.7 Å². The van der Waals surface area contributed by atoms with Crippen LogP contribution >= 0.6 is 0 Å². The highest BCUT2D eigenvalue weighted by molar-refractivity contribution is 6.05. The Hall–Kier alpha value is -3.91. The fourth-order valence-electron chi connectivity index (χ4n) is 3.81. The number of carbonyl (C=O) groups excluding carboxylic acids is 2. The summed E-state index contributed by atoms with van der Waals surface area (Å²) in [6.07, 6.45) is 10.0. The van der Waals surface area contributed by atoms with Gasteiger partial charge in [0.1, 0.15) is 16.9 Å². The molecule has 0 aromatic heterocycles. The number of nitrogens with zero attached hydrogens (tertiary/aromatic N) is 1. The first-order valence-electron chi connectivity index (χ1n) is 10.0. The molecule has 2 aromatic rings. The predicted octanol–water partition coefficient (Wildman–Crippen LogP) is 4.67. The number of carbonyl (C=O) groups is 2. The zero-order chi connectivity index (χ0) is 21.9. The Kier molecular flexibility index (Phi) is 5.31. The van der Waals surface area contributed by atoms with E-state index in [4.69, 9.17) is 9.47 Å². The van der Waals surface area contributed by atoms with Crippen LogP contribution in [-0.4, -0.2) is 11.9 Å². The van der Waals surface area contributed by atoms with Gasteiger partial charge in [-0.15, -0.1) is 6.58 Å². The summed E-state index contributed by atoms with van der Waals surface area (Å²) < 4.78 is 11.0. The second kappa shape index (κ2) is 8.08. The van der Waals surface area contributed by atoms with Crippen LogP contribution in [0, 0.1) is 22.7 Å². The van der Waals surface area contributed by atoms with Crippen LogP contribution in [0.3, 0.4) is 0 Å². The van der Waals surface area contributed by atoms with Gasteiger partial charge in [0.05, 0.1) is 6.07 Å². The van der Waals surface area contributed by atoms with Crippen LogP contribution in [0.2, 0.25) is 0 Å². The molecule has 2 aliphatic carbocycles. The van der Waals surface area contributed by atoms with Crippen molar-refractivity contribution in [1.29, 1.82) is 5.26 Å². The fourth-order valence-corrected chi connectivity index (χ4v) is 3.81. The lowest BCUT2D eigenvalue weighted by molar-refractivity contribution is -0.154. The van der Waals surface area contributed by atoms with Gasteiger partial charge in [-0.3, -0.25) is 9.59 Å². The number of nitriles is 1. The molecular formula is C26H21NO4. The number of allylic oxidation sites excluding steroid dienone is 5. The van der Waals surface area contributed by atoms with E-state index in [1.54, 1.807) is 54.6 Å². The molecule has 4 rings (SSSR count). The summed E-state index contributed by atoms with van der Waals surface area (Å²) in [5.74, 6) is -0.972. The molecule has 0 aliphatic heterocycles. The third kappa shape index (κ3) is 3.69. The van der Waals surface area contributed by atoms with Gasteiger partial charge in [-0.1, -0.05) is 60.7 Å². The standard InChI is InChI=1S/C26H21NO4/c1-2-19-17-26(19,23(28)30-21-9-5-3-6-10-21)24(29)31-22-13-11-20(12-14-22)25(18-27)15-7-4-8-16-25/h2-15,19H,1,16-17H2. The lowest BCUT2D eigenvalue weighted by atomic mass is 9.77. The topological polar surface area (TPSA) is 76.4 Å². The number of ether oxygens (including phenoxy) is 2. The summed E-state index contributed by atoms with van der Waals surface area (Å²) in [4.78, 5) is 25.8. The summed E-state index contributed by atoms with van der Waals surface area (Å²) >= 11 is 0. The number of benzene rings is 2. The number of hydrogen-bond donors (Lipinski definition) is 0. The maximum absolute atomic E-state index is 13.0. The van der Waals surface area contributed by atoms with Gasteiger partial charge in [0.15, 0.2) is 5.41 Å². The predicted molar refractivity (Wildman–Crippen MR) is 115 cm³/mol. The first-order valence-corrected chi connectivity index (χ1v) is 10.0. The first-order chi connectivity index (χ1) is 15.0. The van der Waals surface area contributed by atoms with Crippen LogP contribution in [0.5, 0.6) is 11.5 Å². The van der Waals surface area contributed by atoms with Crippen molar-refractivity contribution in [3.63, 3.8) is 0 Å². The Balaban J connectivity index is 1.50. The number of hydrogen-bond acceptors (Lipinski definition) is 5. The van der Waals surface area contributed by atoms with Crippen molar-refractivity contribution in [1.82, 2.24) is 0 Å². The van der Waals surface area contributed by atoms with Gasteiger partial charge in [-0.25, -0.2) is 0 Å². The van der Waals surface area contributed by atoms with Gasteiger partial charge in [0.25, 0.3) is 0 Å². The van der Waals surface area contributed by atoms with Crippen LogP contribution in [0.1, 0.15) is 18.4 Å². The molecule has 0 bridgehead atoms. The maximum Gasteiger partial charge on any atom is 0.329 e. The first kappa shape index (κ1) is 20.4. The van der Waals surface area contributed by atoms with Crippen LogP contribution in [0.25, 0.3) is 0 Å². The van der Waals surface area contributed by atoms with Crippen molar-refractivity contribution in [3.05, 3.63) is 97.1 Å². The van der Waals surface area contributed by atoms with Gasteiger partial charge < -0.3 is 9.47 Å². The molecule has 0 amide bonds. The van der Waals surface area contributed by atoms with E-state index in [-0.39, 0.29) is 5.92 Å². The SMILES string of the molecule is C=CC1CC1(C(=O)Oc1ccccc1)C(=O)Oc1ccc(C2(C#N)C=CC=CC2)cc1. The van der Waals surface area contributed by atoms with Gasteiger partial charge in [0.2, 0.25) is 0 Å². The lowest BCUT2D eigenvalue weighted by Crippen LogP contribution is -2.35.